The molecule has 0 aliphatic carbocycles. The summed E-state index contributed by atoms with van der Waals surface area (Å²) >= 11 is 0. The van der Waals surface area contributed by atoms with E-state index in [1.165, 1.54) is 24.3 Å². The average molecular weight is 285 g/mol. The molecule has 19 heavy (non-hydrogen) atoms. The quantitative estimate of drug-likeness (QED) is 0.588. The Kier molecular flexibility index (Phi) is 5.94. The van der Waals surface area contributed by atoms with Gasteiger partial charge in [-0.25, -0.2) is 13.1 Å². The van der Waals surface area contributed by atoms with Gasteiger partial charge in [0.15, 0.2) is 0 Å². The molecule has 0 spiro atoms. The number of hydrogen-bond donors (Lipinski definition) is 3. The summed E-state index contributed by atoms with van der Waals surface area (Å²) in [6.45, 7) is 3.79. The molecule has 0 bridgehead atoms. The molecule has 0 aromatic heterocycles. The molecule has 0 saturated heterocycles. The minimum atomic E-state index is -3.53. The standard InChI is InChI=1S/C12H19N3O3S/c1-2-7-14-8-9-15-19(17,18)11-5-3-10(4-6-11)12(13)16/h3-6,14-15H,2,7-9H2,1H3,(H2,13,16). The molecule has 0 fully saturated rings. The maximum absolute atomic E-state index is 11.9. The molecule has 4 N–H and O–H groups in total. The molecule has 1 aromatic carbocycles. The maximum Gasteiger partial charge on any atom is 0.248 e. The summed E-state index contributed by atoms with van der Waals surface area (Å²) in [5, 5.41) is 3.10. The highest BCUT2D eigenvalue weighted by Crippen LogP contribution is 2.09. The third-order valence-electron chi connectivity index (χ3n) is 2.47. The molecule has 0 aliphatic rings. The first-order chi connectivity index (χ1) is 8.97. The summed E-state index contributed by atoms with van der Waals surface area (Å²) in [5.74, 6) is -0.583. The van der Waals surface area contributed by atoms with Crippen molar-refractivity contribution in [2.75, 3.05) is 19.6 Å². The SMILES string of the molecule is CCCNCCNS(=O)(=O)c1ccc(C(N)=O)cc1. The van der Waals surface area contributed by atoms with Gasteiger partial charge in [-0.1, -0.05) is 6.92 Å². The maximum atomic E-state index is 11.9. The van der Waals surface area contributed by atoms with Crippen molar-refractivity contribution in [3.63, 3.8) is 0 Å². The van der Waals surface area contributed by atoms with Gasteiger partial charge >= 0.3 is 0 Å². The van der Waals surface area contributed by atoms with Crippen molar-refractivity contribution in [2.24, 2.45) is 5.73 Å². The van der Waals surface area contributed by atoms with Crippen LogP contribution in [0.1, 0.15) is 23.7 Å². The Morgan fingerprint density at radius 1 is 1.16 bits per heavy atom. The molecule has 0 heterocycles. The molecule has 1 aromatic rings. The highest BCUT2D eigenvalue weighted by Gasteiger charge is 2.13. The fourth-order valence-electron chi connectivity index (χ4n) is 1.46. The number of hydrogen-bond acceptors (Lipinski definition) is 4. The van der Waals surface area contributed by atoms with Crippen LogP contribution in [-0.4, -0.2) is 34.0 Å². The zero-order valence-electron chi connectivity index (χ0n) is 10.8. The Morgan fingerprint density at radius 2 is 1.79 bits per heavy atom. The van der Waals surface area contributed by atoms with Crippen molar-refractivity contribution in [3.05, 3.63) is 29.8 Å². The second-order valence-corrected chi connectivity index (χ2v) is 5.80. The largest absolute Gasteiger partial charge is 0.366 e. The first-order valence-electron chi connectivity index (χ1n) is 6.07. The van der Waals surface area contributed by atoms with Crippen LogP contribution in [0.2, 0.25) is 0 Å². The fourth-order valence-corrected chi connectivity index (χ4v) is 2.49. The molecular weight excluding hydrogens is 266 g/mol. The molecule has 0 atom stereocenters. The van der Waals surface area contributed by atoms with E-state index >= 15 is 0 Å². The van der Waals surface area contributed by atoms with Gasteiger partial charge in [0, 0.05) is 18.7 Å². The summed E-state index contributed by atoms with van der Waals surface area (Å²) in [7, 11) is -3.53. The van der Waals surface area contributed by atoms with Gasteiger partial charge in [0.2, 0.25) is 15.9 Å². The Labute approximate surface area is 113 Å². The van der Waals surface area contributed by atoms with Gasteiger partial charge in [0.1, 0.15) is 0 Å². The Morgan fingerprint density at radius 3 is 2.32 bits per heavy atom. The van der Waals surface area contributed by atoms with E-state index in [1.807, 2.05) is 6.92 Å². The lowest BCUT2D eigenvalue weighted by molar-refractivity contribution is 0.1000. The van der Waals surface area contributed by atoms with Crippen molar-refractivity contribution in [3.8, 4) is 0 Å². The molecule has 0 radical (unpaired) electrons. The highest BCUT2D eigenvalue weighted by molar-refractivity contribution is 7.89. The lowest BCUT2D eigenvalue weighted by Crippen LogP contribution is -2.32. The van der Waals surface area contributed by atoms with Gasteiger partial charge in [-0.3, -0.25) is 4.79 Å². The van der Waals surface area contributed by atoms with Crippen molar-refractivity contribution in [2.45, 2.75) is 18.2 Å². The average Bonchev–Trinajstić information content (AvgIpc) is 2.38. The van der Waals surface area contributed by atoms with E-state index in [2.05, 4.69) is 10.0 Å². The third kappa shape index (κ3) is 4.98. The summed E-state index contributed by atoms with van der Waals surface area (Å²) in [5.41, 5.74) is 5.37. The van der Waals surface area contributed by atoms with Crippen molar-refractivity contribution in [1.82, 2.24) is 10.0 Å². The van der Waals surface area contributed by atoms with Crippen LogP contribution in [0, 0.1) is 0 Å². The number of carbonyl (C=O) groups excluding carboxylic acids is 1. The van der Waals surface area contributed by atoms with Crippen LogP contribution >= 0.6 is 0 Å². The topological polar surface area (TPSA) is 101 Å². The number of nitrogens with one attached hydrogen (secondary N) is 2. The zero-order valence-corrected chi connectivity index (χ0v) is 11.7. The predicted molar refractivity (Wildman–Crippen MR) is 73.3 cm³/mol. The number of carbonyl (C=O) groups is 1. The van der Waals surface area contributed by atoms with Crippen LogP contribution in [0.3, 0.4) is 0 Å². The monoisotopic (exact) mass is 285 g/mol. The molecule has 1 rings (SSSR count). The van der Waals surface area contributed by atoms with Crippen LogP contribution in [0.15, 0.2) is 29.2 Å². The molecule has 6 nitrogen and oxygen atoms in total. The van der Waals surface area contributed by atoms with E-state index in [0.29, 0.717) is 13.1 Å². The minimum absolute atomic E-state index is 0.119. The van der Waals surface area contributed by atoms with Crippen LogP contribution in [-0.2, 0) is 10.0 Å². The second kappa shape index (κ2) is 7.22. The molecule has 1 amide bonds. The van der Waals surface area contributed by atoms with E-state index < -0.39 is 15.9 Å². The third-order valence-corrected chi connectivity index (χ3v) is 3.95. The van der Waals surface area contributed by atoms with Gasteiger partial charge in [0.05, 0.1) is 4.90 Å². The van der Waals surface area contributed by atoms with Gasteiger partial charge in [-0.2, -0.15) is 0 Å². The minimum Gasteiger partial charge on any atom is -0.366 e. The van der Waals surface area contributed by atoms with Gasteiger partial charge in [-0.15, -0.1) is 0 Å². The van der Waals surface area contributed by atoms with Gasteiger partial charge < -0.3 is 11.1 Å². The molecule has 0 aliphatic heterocycles. The smallest absolute Gasteiger partial charge is 0.248 e. The van der Waals surface area contributed by atoms with Crippen LogP contribution in [0.5, 0.6) is 0 Å². The molecule has 0 saturated carbocycles. The second-order valence-electron chi connectivity index (χ2n) is 4.04. The number of nitrogens with two attached hydrogens (primary N) is 1. The van der Waals surface area contributed by atoms with Crippen LogP contribution in [0.4, 0.5) is 0 Å². The van der Waals surface area contributed by atoms with E-state index in [4.69, 9.17) is 5.73 Å². The number of amides is 1. The van der Waals surface area contributed by atoms with E-state index in [1.54, 1.807) is 0 Å². The summed E-state index contributed by atoms with van der Waals surface area (Å²) in [6, 6.07) is 5.52. The molecular formula is C12H19N3O3S. The van der Waals surface area contributed by atoms with Gasteiger partial charge in [0.25, 0.3) is 0 Å². The normalized spacial score (nSPS) is 11.4. The van der Waals surface area contributed by atoms with E-state index in [9.17, 15) is 13.2 Å². The van der Waals surface area contributed by atoms with E-state index in [0.717, 1.165) is 13.0 Å². The Hall–Kier alpha value is -1.44. The highest BCUT2D eigenvalue weighted by atomic mass is 32.2. The number of benzene rings is 1. The zero-order chi connectivity index (χ0) is 14.3. The Balaban J connectivity index is 2.59. The van der Waals surface area contributed by atoms with Crippen LogP contribution < -0.4 is 15.8 Å². The molecule has 7 heteroatoms. The summed E-state index contributed by atoms with van der Waals surface area (Å²) in [6.07, 6.45) is 1.00. The van der Waals surface area contributed by atoms with Crippen molar-refractivity contribution >= 4 is 15.9 Å². The summed E-state index contributed by atoms with van der Waals surface area (Å²) < 4.78 is 26.3. The lowest BCUT2D eigenvalue weighted by atomic mass is 10.2. The lowest BCUT2D eigenvalue weighted by Gasteiger charge is -2.07. The van der Waals surface area contributed by atoms with Crippen molar-refractivity contribution < 1.29 is 13.2 Å². The fraction of sp³-hybridized carbons (Fsp3) is 0.417. The molecule has 106 valence electrons. The first-order valence-corrected chi connectivity index (χ1v) is 7.56. The van der Waals surface area contributed by atoms with Gasteiger partial charge in [-0.05, 0) is 37.2 Å². The number of rotatable bonds is 8. The summed E-state index contributed by atoms with van der Waals surface area (Å²) in [4.78, 5) is 11.0. The number of sulfonamides is 1. The molecule has 0 unspecified atom stereocenters. The predicted octanol–water partition coefficient (Wildman–Crippen LogP) is 0.0634. The van der Waals surface area contributed by atoms with Crippen LogP contribution in [0.25, 0.3) is 0 Å². The number of primary amides is 1. The first kappa shape index (κ1) is 15.6. The van der Waals surface area contributed by atoms with E-state index in [-0.39, 0.29) is 10.5 Å². The van der Waals surface area contributed by atoms with Crippen molar-refractivity contribution in [1.29, 1.82) is 0 Å². The Bertz CT molecular complexity index is 512.